The molecule has 0 aliphatic rings. The lowest BCUT2D eigenvalue weighted by atomic mass is 10.3. The van der Waals surface area contributed by atoms with Crippen LogP contribution in [0.4, 0.5) is 0 Å². The Hall–Kier alpha value is -0.380. The molecule has 0 aromatic heterocycles. The molecule has 0 saturated carbocycles. The number of hydrogen-bond donors (Lipinski definition) is 1. The third-order valence-corrected chi connectivity index (χ3v) is 4.94. The number of halogens is 1. The summed E-state index contributed by atoms with van der Waals surface area (Å²) in [5.74, 6) is -1.10. The van der Waals surface area contributed by atoms with E-state index in [4.69, 9.17) is 5.11 Å². The van der Waals surface area contributed by atoms with Gasteiger partial charge in [0.15, 0.2) is 0 Å². The Morgan fingerprint density at radius 1 is 1.12 bits per heavy atom. The first-order valence-corrected chi connectivity index (χ1v) is 7.64. The third-order valence-electron chi connectivity index (χ3n) is 1.47. The molecule has 0 amide bonds. The number of nitrogens with zero attached hydrogens (tertiary/aromatic N) is 1. The van der Waals surface area contributed by atoms with Crippen molar-refractivity contribution in [3.8, 4) is 0 Å². The molecule has 0 bridgehead atoms. The number of rotatable bonds is 6. The minimum Gasteiger partial charge on any atom is -0.481 e. The Labute approximate surface area is 101 Å². The van der Waals surface area contributed by atoms with Gasteiger partial charge in [0.25, 0.3) is 0 Å². The largest absolute Gasteiger partial charge is 0.481 e. The van der Waals surface area contributed by atoms with E-state index in [2.05, 4.69) is 0 Å². The van der Waals surface area contributed by atoms with E-state index in [0.717, 1.165) is 12.5 Å². The summed E-state index contributed by atoms with van der Waals surface area (Å²) in [7, 11) is -7.74. The van der Waals surface area contributed by atoms with Gasteiger partial charge in [-0.15, -0.1) is 12.4 Å². The van der Waals surface area contributed by atoms with Crippen LogP contribution in [0.25, 0.3) is 0 Å². The molecule has 0 saturated heterocycles. The molecule has 0 aromatic carbocycles. The van der Waals surface area contributed by atoms with Crippen LogP contribution in [0, 0.1) is 0 Å². The van der Waals surface area contributed by atoms with Gasteiger partial charge >= 0.3 is 5.97 Å². The van der Waals surface area contributed by atoms with E-state index in [1.54, 1.807) is 0 Å². The smallest absolute Gasteiger partial charge is 0.303 e. The molecule has 0 unspecified atom stereocenters. The van der Waals surface area contributed by atoms with Crippen LogP contribution in [-0.4, -0.2) is 50.7 Å². The molecule has 7 nitrogen and oxygen atoms in total. The van der Waals surface area contributed by atoms with E-state index >= 15 is 0 Å². The van der Waals surface area contributed by atoms with E-state index in [9.17, 15) is 21.6 Å². The maximum atomic E-state index is 11.1. The molecule has 0 rings (SSSR count). The predicted octanol–water partition coefficient (Wildman–Crippen LogP) is -0.506. The van der Waals surface area contributed by atoms with Crippen molar-refractivity contribution < 1.29 is 26.7 Å². The topological polar surface area (TPSA) is 109 Å². The summed E-state index contributed by atoms with van der Waals surface area (Å²) < 4.78 is 44.5. The fraction of sp³-hybridized carbons (Fsp3) is 0.833. The maximum absolute atomic E-state index is 11.1. The van der Waals surface area contributed by atoms with Crippen LogP contribution in [0.5, 0.6) is 0 Å². The maximum Gasteiger partial charge on any atom is 0.303 e. The van der Waals surface area contributed by atoms with E-state index < -0.39 is 26.0 Å². The van der Waals surface area contributed by atoms with E-state index in [-0.39, 0.29) is 31.8 Å². The Morgan fingerprint density at radius 2 is 1.50 bits per heavy atom. The minimum absolute atomic E-state index is 0. The highest BCUT2D eigenvalue weighted by molar-refractivity contribution is 8.03. The van der Waals surface area contributed by atoms with Crippen LogP contribution in [-0.2, 0) is 24.8 Å². The van der Waals surface area contributed by atoms with Crippen LogP contribution in [0.1, 0.15) is 12.8 Å². The lowest BCUT2D eigenvalue weighted by Crippen LogP contribution is -2.36. The van der Waals surface area contributed by atoms with Gasteiger partial charge in [0, 0.05) is 13.0 Å². The van der Waals surface area contributed by atoms with Crippen LogP contribution in [0.2, 0.25) is 0 Å². The summed E-state index contributed by atoms with van der Waals surface area (Å²) in [6, 6.07) is 0. The predicted molar refractivity (Wildman–Crippen MR) is 60.5 cm³/mol. The van der Waals surface area contributed by atoms with Gasteiger partial charge in [-0.05, 0) is 6.42 Å². The molecule has 0 radical (unpaired) electrons. The van der Waals surface area contributed by atoms with Crippen LogP contribution >= 0.6 is 12.4 Å². The highest BCUT2D eigenvalue weighted by Crippen LogP contribution is 2.07. The van der Waals surface area contributed by atoms with Crippen molar-refractivity contribution in [2.24, 2.45) is 0 Å². The monoisotopic (exact) mass is 295 g/mol. The van der Waals surface area contributed by atoms with Crippen molar-refractivity contribution in [2.45, 2.75) is 12.8 Å². The Bertz CT molecular complexity index is 396. The van der Waals surface area contributed by atoms with Crippen molar-refractivity contribution in [2.75, 3.05) is 19.1 Å². The summed E-state index contributed by atoms with van der Waals surface area (Å²) in [4.78, 5) is 10.2. The van der Waals surface area contributed by atoms with E-state index in [1.165, 1.54) is 0 Å². The quantitative estimate of drug-likeness (QED) is 0.707. The number of carbonyl (C=O) groups is 1. The second-order valence-corrected chi connectivity index (χ2v) is 7.06. The average Bonchev–Trinajstić information content (AvgIpc) is 1.92. The molecule has 10 heteroatoms. The Morgan fingerprint density at radius 3 is 1.75 bits per heavy atom. The molecule has 0 heterocycles. The first-order chi connectivity index (χ1) is 6.55. The van der Waals surface area contributed by atoms with Crippen LogP contribution < -0.4 is 0 Å². The third kappa shape index (κ3) is 6.99. The van der Waals surface area contributed by atoms with Gasteiger partial charge in [-0.3, -0.25) is 4.79 Å². The van der Waals surface area contributed by atoms with Crippen LogP contribution in [0.3, 0.4) is 0 Å². The molecule has 0 aliphatic carbocycles. The number of hydrogen-bond acceptors (Lipinski definition) is 5. The lowest BCUT2D eigenvalue weighted by molar-refractivity contribution is -0.137. The molecule has 0 aromatic rings. The van der Waals surface area contributed by atoms with Gasteiger partial charge in [0.1, 0.15) is 0 Å². The SMILES string of the molecule is CS(=O)(=O)N(CCCC(=O)O)S(C)(=O)=O.Cl. The number of sulfonamides is 2. The fourth-order valence-corrected chi connectivity index (χ4v) is 3.83. The highest BCUT2D eigenvalue weighted by atomic mass is 35.5. The second-order valence-electron chi connectivity index (χ2n) is 3.02. The molecule has 16 heavy (non-hydrogen) atoms. The second kappa shape index (κ2) is 6.38. The van der Waals surface area contributed by atoms with Gasteiger partial charge in [-0.25, -0.2) is 16.8 Å². The molecule has 98 valence electrons. The lowest BCUT2D eigenvalue weighted by Gasteiger charge is -2.16. The van der Waals surface area contributed by atoms with Crippen LogP contribution in [0.15, 0.2) is 0 Å². The fourth-order valence-electron chi connectivity index (χ4n) is 0.937. The van der Waals surface area contributed by atoms with Gasteiger partial charge in [-0.1, -0.05) is 3.71 Å². The number of aliphatic carboxylic acids is 1. The molecule has 1 N–H and O–H groups in total. The van der Waals surface area contributed by atoms with Crippen molar-refractivity contribution in [1.29, 1.82) is 0 Å². The molecular formula is C6H14ClNO6S2. The summed E-state index contributed by atoms with van der Waals surface area (Å²) in [5.41, 5.74) is 0. The summed E-state index contributed by atoms with van der Waals surface area (Å²) in [6.07, 6.45) is 1.20. The van der Waals surface area contributed by atoms with E-state index in [1.807, 2.05) is 0 Å². The first kappa shape index (κ1) is 18.0. The standard InChI is InChI=1S/C6H13NO6S2.ClH/c1-14(10,11)7(15(2,12)13)5-3-4-6(8)9;/h3-5H2,1-2H3,(H,8,9);1H. The zero-order valence-corrected chi connectivity index (χ0v) is 11.2. The Balaban J connectivity index is 0. The summed E-state index contributed by atoms with van der Waals surface area (Å²) in [6.45, 7) is -0.343. The normalized spacial score (nSPS) is 12.2. The molecular weight excluding hydrogens is 282 g/mol. The number of carboxylic acid groups (broad SMARTS) is 1. The molecule has 0 atom stereocenters. The zero-order valence-electron chi connectivity index (χ0n) is 8.78. The van der Waals surface area contributed by atoms with Crippen molar-refractivity contribution in [3.63, 3.8) is 0 Å². The van der Waals surface area contributed by atoms with Gasteiger partial charge < -0.3 is 5.11 Å². The highest BCUT2D eigenvalue weighted by Gasteiger charge is 2.26. The van der Waals surface area contributed by atoms with Crippen molar-refractivity contribution in [3.05, 3.63) is 0 Å². The van der Waals surface area contributed by atoms with Gasteiger partial charge in [0.2, 0.25) is 20.0 Å². The van der Waals surface area contributed by atoms with Crippen molar-refractivity contribution >= 4 is 38.4 Å². The average molecular weight is 296 g/mol. The summed E-state index contributed by atoms with van der Waals surface area (Å²) in [5, 5.41) is 8.31. The molecule has 0 spiro atoms. The van der Waals surface area contributed by atoms with Gasteiger partial charge in [-0.2, -0.15) is 0 Å². The molecule has 0 fully saturated rings. The summed E-state index contributed by atoms with van der Waals surface area (Å²) >= 11 is 0. The Kier molecular flexibility index (Phi) is 7.18. The zero-order chi connectivity index (χ0) is 12.3. The number of carboxylic acids is 1. The minimum atomic E-state index is -3.87. The van der Waals surface area contributed by atoms with E-state index in [0.29, 0.717) is 3.71 Å². The first-order valence-electron chi connectivity index (χ1n) is 3.95. The van der Waals surface area contributed by atoms with Crippen molar-refractivity contribution in [1.82, 2.24) is 3.71 Å². The molecule has 0 aliphatic heterocycles. The van der Waals surface area contributed by atoms with Gasteiger partial charge in [0.05, 0.1) is 12.5 Å².